The molecule has 0 spiro atoms. The molecular formula is C48H76O4. The van der Waals surface area contributed by atoms with Crippen molar-refractivity contribution in [2.24, 2.45) is 23.7 Å². The van der Waals surface area contributed by atoms with E-state index in [9.17, 15) is 0 Å². The van der Waals surface area contributed by atoms with Crippen molar-refractivity contribution in [2.45, 2.75) is 193 Å². The molecule has 2 saturated heterocycles. The van der Waals surface area contributed by atoms with E-state index in [-0.39, 0.29) is 12.4 Å². The van der Waals surface area contributed by atoms with Gasteiger partial charge < -0.3 is 18.9 Å². The Morgan fingerprint density at radius 3 is 1.81 bits per heavy atom. The number of rotatable bonds is 22. The number of benzene rings is 2. The second-order valence-electron chi connectivity index (χ2n) is 17.1. The molecule has 0 amide bonds. The number of hydrogen-bond donors (Lipinski definition) is 0. The van der Waals surface area contributed by atoms with Gasteiger partial charge in [0.05, 0.1) is 25.4 Å². The lowest BCUT2D eigenvalue weighted by Crippen LogP contribution is -2.49. The molecule has 1 saturated carbocycles. The molecule has 5 rings (SSSR count). The van der Waals surface area contributed by atoms with Crippen molar-refractivity contribution in [3.05, 3.63) is 60.2 Å². The Morgan fingerprint density at radius 1 is 0.596 bits per heavy atom. The molecule has 52 heavy (non-hydrogen) atoms. The van der Waals surface area contributed by atoms with Gasteiger partial charge in [0, 0.05) is 30.6 Å². The average Bonchev–Trinajstić information content (AvgIpc) is 3.18. The summed E-state index contributed by atoms with van der Waals surface area (Å²) in [5, 5.41) is 0. The highest BCUT2D eigenvalue weighted by molar-refractivity contribution is 5.63. The van der Waals surface area contributed by atoms with Crippen LogP contribution in [-0.2, 0) is 25.4 Å². The Balaban J connectivity index is 1.09. The SMILES string of the molecule is CCCCCCCCC1COC(C2CCC(CCC3(CCc4ccc(-c5ccccc5)cc4)OCC(CCCCCCCC)C(C)O3)CC2)OC1C. The van der Waals surface area contributed by atoms with Crippen LogP contribution in [0.2, 0.25) is 0 Å². The van der Waals surface area contributed by atoms with E-state index in [0.717, 1.165) is 38.4 Å². The highest BCUT2D eigenvalue weighted by Gasteiger charge is 2.42. The van der Waals surface area contributed by atoms with E-state index in [2.05, 4.69) is 82.3 Å². The summed E-state index contributed by atoms with van der Waals surface area (Å²) in [5.74, 6) is 1.83. The Labute approximate surface area is 319 Å². The predicted molar refractivity (Wildman–Crippen MR) is 217 cm³/mol. The second-order valence-corrected chi connectivity index (χ2v) is 17.1. The fourth-order valence-corrected chi connectivity index (χ4v) is 9.23. The number of hydrogen-bond acceptors (Lipinski definition) is 4. The first-order chi connectivity index (χ1) is 25.5. The van der Waals surface area contributed by atoms with Crippen molar-refractivity contribution in [2.75, 3.05) is 13.2 Å². The predicted octanol–water partition coefficient (Wildman–Crippen LogP) is 13.5. The molecule has 292 valence electrons. The third-order valence-corrected chi connectivity index (χ3v) is 13.0. The lowest BCUT2D eigenvalue weighted by molar-refractivity contribution is -0.315. The lowest BCUT2D eigenvalue weighted by atomic mass is 9.78. The van der Waals surface area contributed by atoms with Gasteiger partial charge >= 0.3 is 0 Å². The lowest BCUT2D eigenvalue weighted by Gasteiger charge is -2.45. The van der Waals surface area contributed by atoms with Crippen molar-refractivity contribution in [3.63, 3.8) is 0 Å². The molecule has 0 bridgehead atoms. The largest absolute Gasteiger partial charge is 0.352 e. The Hall–Kier alpha value is -1.72. The summed E-state index contributed by atoms with van der Waals surface area (Å²) < 4.78 is 26.9. The van der Waals surface area contributed by atoms with Crippen molar-refractivity contribution in [3.8, 4) is 11.1 Å². The highest BCUT2D eigenvalue weighted by Crippen LogP contribution is 2.42. The molecule has 6 atom stereocenters. The fraction of sp³-hybridized carbons (Fsp3) is 0.750. The summed E-state index contributed by atoms with van der Waals surface area (Å²) in [6, 6.07) is 19.8. The Morgan fingerprint density at radius 2 is 1.19 bits per heavy atom. The van der Waals surface area contributed by atoms with E-state index in [1.54, 1.807) is 0 Å². The molecule has 0 aromatic heterocycles. The van der Waals surface area contributed by atoms with Crippen LogP contribution >= 0.6 is 0 Å². The zero-order valence-electron chi connectivity index (χ0n) is 33.8. The van der Waals surface area contributed by atoms with Crippen LogP contribution in [0.3, 0.4) is 0 Å². The first-order valence-electron chi connectivity index (χ1n) is 22.2. The third-order valence-electron chi connectivity index (χ3n) is 13.0. The summed E-state index contributed by atoms with van der Waals surface area (Å²) in [6.07, 6.45) is 28.2. The molecule has 4 heteroatoms. The number of aryl methyl sites for hydroxylation is 1. The summed E-state index contributed by atoms with van der Waals surface area (Å²) in [5.41, 5.74) is 3.91. The van der Waals surface area contributed by atoms with Gasteiger partial charge in [0.2, 0.25) is 0 Å². The zero-order chi connectivity index (χ0) is 36.4. The van der Waals surface area contributed by atoms with E-state index in [4.69, 9.17) is 18.9 Å². The van der Waals surface area contributed by atoms with Crippen LogP contribution < -0.4 is 0 Å². The van der Waals surface area contributed by atoms with Crippen LogP contribution in [0.1, 0.15) is 168 Å². The molecule has 2 heterocycles. The Bertz CT molecular complexity index is 1210. The van der Waals surface area contributed by atoms with E-state index in [1.807, 2.05) is 0 Å². The van der Waals surface area contributed by atoms with Gasteiger partial charge in [0.25, 0.3) is 0 Å². The maximum Gasteiger partial charge on any atom is 0.168 e. The van der Waals surface area contributed by atoms with Crippen LogP contribution in [-0.4, -0.2) is 37.5 Å². The minimum absolute atomic E-state index is 0.00851. The molecule has 4 nitrogen and oxygen atoms in total. The van der Waals surface area contributed by atoms with Gasteiger partial charge in [-0.2, -0.15) is 0 Å². The molecule has 6 unspecified atom stereocenters. The van der Waals surface area contributed by atoms with Crippen molar-refractivity contribution in [1.29, 1.82) is 0 Å². The van der Waals surface area contributed by atoms with Crippen molar-refractivity contribution >= 4 is 0 Å². The minimum Gasteiger partial charge on any atom is -0.352 e. The van der Waals surface area contributed by atoms with E-state index in [1.165, 1.54) is 139 Å². The first kappa shape index (κ1) is 41.4. The highest BCUT2D eigenvalue weighted by atomic mass is 16.7. The Kier molecular flexibility index (Phi) is 18.0. The zero-order valence-corrected chi connectivity index (χ0v) is 33.8. The van der Waals surface area contributed by atoms with Gasteiger partial charge in [-0.1, -0.05) is 145 Å². The second kappa shape index (κ2) is 22.6. The maximum atomic E-state index is 7.02. The van der Waals surface area contributed by atoms with Crippen LogP contribution in [0.25, 0.3) is 11.1 Å². The van der Waals surface area contributed by atoms with Crippen LogP contribution in [0.5, 0.6) is 0 Å². The third kappa shape index (κ3) is 13.2. The van der Waals surface area contributed by atoms with E-state index < -0.39 is 5.79 Å². The molecule has 2 aliphatic heterocycles. The molecule has 3 fully saturated rings. The fourth-order valence-electron chi connectivity index (χ4n) is 9.23. The molecule has 2 aromatic rings. The standard InChI is InChI=1S/C48H76O4/c1-5-7-9-11-13-16-22-45-36-49-47(51-38(45)3)44-30-26-41(27-31-44)33-35-48(50-37-46(39(4)52-48)23-17-14-12-10-8-6-2)34-32-40-24-28-43(29-25-40)42-20-18-15-19-21-42/h15,18-21,24-25,28-29,38-39,41,44-47H,5-14,16-17,22-23,26-27,30-37H2,1-4H3. The minimum atomic E-state index is -0.484. The van der Waals surface area contributed by atoms with Gasteiger partial charge in [0.1, 0.15) is 0 Å². The van der Waals surface area contributed by atoms with E-state index in [0.29, 0.717) is 23.9 Å². The number of ether oxygens (including phenoxy) is 4. The van der Waals surface area contributed by atoms with Crippen LogP contribution in [0, 0.1) is 23.7 Å². The maximum absolute atomic E-state index is 7.02. The smallest absolute Gasteiger partial charge is 0.168 e. The average molecular weight is 717 g/mol. The van der Waals surface area contributed by atoms with Gasteiger partial charge in [-0.25, -0.2) is 0 Å². The van der Waals surface area contributed by atoms with Gasteiger partial charge in [-0.15, -0.1) is 0 Å². The molecule has 0 radical (unpaired) electrons. The van der Waals surface area contributed by atoms with Crippen molar-refractivity contribution in [1.82, 2.24) is 0 Å². The summed E-state index contributed by atoms with van der Waals surface area (Å²) in [7, 11) is 0. The molecule has 0 N–H and O–H groups in total. The number of unbranched alkanes of at least 4 members (excludes halogenated alkanes) is 10. The van der Waals surface area contributed by atoms with Gasteiger partial charge in [-0.3, -0.25) is 0 Å². The van der Waals surface area contributed by atoms with Gasteiger partial charge in [0.15, 0.2) is 12.1 Å². The van der Waals surface area contributed by atoms with Crippen molar-refractivity contribution < 1.29 is 18.9 Å². The molecule has 1 aliphatic carbocycles. The molecule has 3 aliphatic rings. The molecule has 2 aromatic carbocycles. The normalized spacial score (nSPS) is 29.7. The summed E-state index contributed by atoms with van der Waals surface area (Å²) in [4.78, 5) is 0. The summed E-state index contributed by atoms with van der Waals surface area (Å²) >= 11 is 0. The summed E-state index contributed by atoms with van der Waals surface area (Å²) in [6.45, 7) is 10.9. The van der Waals surface area contributed by atoms with E-state index >= 15 is 0 Å². The topological polar surface area (TPSA) is 36.9 Å². The molecular weight excluding hydrogens is 641 g/mol. The van der Waals surface area contributed by atoms with Gasteiger partial charge in [-0.05, 0) is 87.8 Å². The van der Waals surface area contributed by atoms with Crippen LogP contribution in [0.15, 0.2) is 54.6 Å². The first-order valence-corrected chi connectivity index (χ1v) is 22.2. The monoisotopic (exact) mass is 717 g/mol. The van der Waals surface area contributed by atoms with Crippen LogP contribution in [0.4, 0.5) is 0 Å². The quantitative estimate of drug-likeness (QED) is 0.114.